The van der Waals surface area contributed by atoms with Crippen LogP contribution in [0.3, 0.4) is 0 Å². The third-order valence-electron chi connectivity index (χ3n) is 3.23. The van der Waals surface area contributed by atoms with Crippen LogP contribution in [0, 0.1) is 0 Å². The molecule has 2 unspecified atom stereocenters. The van der Waals surface area contributed by atoms with E-state index in [1.807, 2.05) is 19.1 Å². The molecule has 0 spiro atoms. The summed E-state index contributed by atoms with van der Waals surface area (Å²) in [6.07, 6.45) is 1.61. The molecule has 0 bridgehead atoms. The Labute approximate surface area is 124 Å². The molecule has 108 valence electrons. The molecule has 4 heteroatoms. The van der Waals surface area contributed by atoms with Crippen LogP contribution in [0.15, 0.2) is 28.7 Å². The van der Waals surface area contributed by atoms with Crippen molar-refractivity contribution in [2.45, 2.75) is 38.3 Å². The number of benzene rings is 1. The van der Waals surface area contributed by atoms with Gasteiger partial charge in [0.1, 0.15) is 0 Å². The summed E-state index contributed by atoms with van der Waals surface area (Å²) in [6, 6.07) is 8.53. The molecule has 1 rings (SSSR count). The van der Waals surface area contributed by atoms with Crippen molar-refractivity contribution < 1.29 is 9.84 Å². The van der Waals surface area contributed by atoms with E-state index in [9.17, 15) is 5.11 Å². The van der Waals surface area contributed by atoms with Crippen LogP contribution in [0.2, 0.25) is 0 Å². The lowest BCUT2D eigenvalue weighted by atomic mass is 10.00. The highest BCUT2D eigenvalue weighted by Crippen LogP contribution is 2.21. The van der Waals surface area contributed by atoms with Crippen molar-refractivity contribution in [3.8, 4) is 0 Å². The van der Waals surface area contributed by atoms with Crippen molar-refractivity contribution in [3.05, 3.63) is 34.3 Å². The zero-order valence-electron chi connectivity index (χ0n) is 11.9. The second-order valence-corrected chi connectivity index (χ2v) is 6.05. The predicted molar refractivity (Wildman–Crippen MR) is 82.3 cm³/mol. The number of rotatable bonds is 8. The molecule has 2 N–H and O–H groups in total. The lowest BCUT2D eigenvalue weighted by molar-refractivity contribution is 0.0226. The molecule has 0 amide bonds. The number of aliphatic hydroxyl groups is 1. The highest BCUT2D eigenvalue weighted by molar-refractivity contribution is 9.10. The van der Waals surface area contributed by atoms with Gasteiger partial charge in [0, 0.05) is 37.2 Å². The van der Waals surface area contributed by atoms with Crippen LogP contribution in [0.4, 0.5) is 0 Å². The van der Waals surface area contributed by atoms with Gasteiger partial charge in [0.25, 0.3) is 0 Å². The third-order valence-corrected chi connectivity index (χ3v) is 3.73. The number of hydrogen-bond acceptors (Lipinski definition) is 3. The average Bonchev–Trinajstić information content (AvgIpc) is 2.37. The van der Waals surface area contributed by atoms with Crippen LogP contribution < -0.4 is 5.32 Å². The van der Waals surface area contributed by atoms with Gasteiger partial charge in [0.05, 0.1) is 5.60 Å². The molecule has 0 radical (unpaired) electrons. The Morgan fingerprint density at radius 2 is 2.21 bits per heavy atom. The standard InChI is InChI=1S/C15H24BrNO2/c1-4-14(12-6-5-7-13(16)10-12)17-11-15(2,18)8-9-19-3/h5-7,10,14,17-18H,4,8-9,11H2,1-3H3. The summed E-state index contributed by atoms with van der Waals surface area (Å²) in [4.78, 5) is 0. The van der Waals surface area contributed by atoms with Gasteiger partial charge in [-0.2, -0.15) is 0 Å². The van der Waals surface area contributed by atoms with E-state index in [1.54, 1.807) is 7.11 Å². The molecule has 0 saturated carbocycles. The lowest BCUT2D eigenvalue weighted by Crippen LogP contribution is -2.40. The van der Waals surface area contributed by atoms with E-state index in [0.717, 1.165) is 10.9 Å². The molecule has 3 nitrogen and oxygen atoms in total. The summed E-state index contributed by atoms with van der Waals surface area (Å²) in [5.41, 5.74) is 0.495. The van der Waals surface area contributed by atoms with Crippen molar-refractivity contribution in [2.24, 2.45) is 0 Å². The number of ether oxygens (including phenoxy) is 1. The average molecular weight is 330 g/mol. The Bertz CT molecular complexity index is 382. The van der Waals surface area contributed by atoms with Gasteiger partial charge in [-0.15, -0.1) is 0 Å². The van der Waals surface area contributed by atoms with Gasteiger partial charge in [0.2, 0.25) is 0 Å². The van der Waals surface area contributed by atoms with Crippen molar-refractivity contribution >= 4 is 15.9 Å². The van der Waals surface area contributed by atoms with Crippen LogP contribution in [0.1, 0.15) is 38.3 Å². The Balaban J connectivity index is 2.58. The van der Waals surface area contributed by atoms with Crippen LogP contribution in [-0.2, 0) is 4.74 Å². The summed E-state index contributed by atoms with van der Waals surface area (Å²) in [6.45, 7) is 5.11. The molecular formula is C15H24BrNO2. The first-order chi connectivity index (χ1) is 8.98. The monoisotopic (exact) mass is 329 g/mol. The summed E-state index contributed by atoms with van der Waals surface area (Å²) < 4.78 is 6.10. The predicted octanol–water partition coefficient (Wildman–Crippen LogP) is 3.28. The number of nitrogens with one attached hydrogen (secondary N) is 1. The van der Waals surface area contributed by atoms with Gasteiger partial charge < -0.3 is 15.2 Å². The first-order valence-corrected chi connectivity index (χ1v) is 7.48. The van der Waals surface area contributed by atoms with E-state index < -0.39 is 5.60 Å². The lowest BCUT2D eigenvalue weighted by Gasteiger charge is -2.27. The molecule has 0 fully saturated rings. The molecule has 2 atom stereocenters. The maximum Gasteiger partial charge on any atom is 0.0765 e. The maximum atomic E-state index is 10.2. The second kappa shape index (κ2) is 8.00. The molecule has 1 aromatic carbocycles. The topological polar surface area (TPSA) is 41.5 Å². The van der Waals surface area contributed by atoms with Crippen molar-refractivity contribution in [1.82, 2.24) is 5.32 Å². The number of methoxy groups -OCH3 is 1. The largest absolute Gasteiger partial charge is 0.389 e. The van der Waals surface area contributed by atoms with Gasteiger partial charge in [-0.3, -0.25) is 0 Å². The van der Waals surface area contributed by atoms with Crippen LogP contribution >= 0.6 is 15.9 Å². The number of hydrogen-bond donors (Lipinski definition) is 2. The van der Waals surface area contributed by atoms with E-state index in [-0.39, 0.29) is 6.04 Å². The second-order valence-electron chi connectivity index (χ2n) is 5.14. The molecular weight excluding hydrogens is 306 g/mol. The Morgan fingerprint density at radius 3 is 2.79 bits per heavy atom. The number of halogens is 1. The zero-order valence-corrected chi connectivity index (χ0v) is 13.5. The molecule has 0 heterocycles. The maximum absolute atomic E-state index is 10.2. The molecule has 0 aromatic heterocycles. The fourth-order valence-corrected chi connectivity index (χ4v) is 2.39. The highest BCUT2D eigenvalue weighted by atomic mass is 79.9. The molecule has 0 aliphatic rings. The third kappa shape index (κ3) is 6.04. The first kappa shape index (κ1) is 16.6. The van der Waals surface area contributed by atoms with Crippen LogP contribution in [-0.4, -0.2) is 31.0 Å². The normalized spacial score (nSPS) is 16.1. The smallest absolute Gasteiger partial charge is 0.0765 e. The van der Waals surface area contributed by atoms with E-state index in [0.29, 0.717) is 19.6 Å². The summed E-state index contributed by atoms with van der Waals surface area (Å²) in [5.74, 6) is 0. The van der Waals surface area contributed by atoms with Gasteiger partial charge in [-0.1, -0.05) is 35.0 Å². The molecule has 1 aromatic rings. The molecule has 0 aliphatic carbocycles. The van der Waals surface area contributed by atoms with Crippen molar-refractivity contribution in [2.75, 3.05) is 20.3 Å². The zero-order chi connectivity index (χ0) is 14.3. The van der Waals surface area contributed by atoms with Crippen LogP contribution in [0.5, 0.6) is 0 Å². The van der Waals surface area contributed by atoms with Crippen molar-refractivity contribution in [1.29, 1.82) is 0 Å². The minimum absolute atomic E-state index is 0.256. The summed E-state index contributed by atoms with van der Waals surface area (Å²) in [5, 5.41) is 13.7. The quantitative estimate of drug-likeness (QED) is 0.769. The Morgan fingerprint density at radius 1 is 1.47 bits per heavy atom. The molecule has 0 aliphatic heterocycles. The van der Waals surface area contributed by atoms with E-state index in [4.69, 9.17) is 4.74 Å². The highest BCUT2D eigenvalue weighted by Gasteiger charge is 2.21. The molecule has 0 saturated heterocycles. The van der Waals surface area contributed by atoms with Gasteiger partial charge in [-0.25, -0.2) is 0 Å². The fourth-order valence-electron chi connectivity index (χ4n) is 1.97. The Hall–Kier alpha value is -0.420. The first-order valence-electron chi connectivity index (χ1n) is 6.68. The minimum atomic E-state index is -0.741. The minimum Gasteiger partial charge on any atom is -0.389 e. The van der Waals surface area contributed by atoms with Gasteiger partial charge >= 0.3 is 0 Å². The van der Waals surface area contributed by atoms with Crippen LogP contribution in [0.25, 0.3) is 0 Å². The molecule has 19 heavy (non-hydrogen) atoms. The van der Waals surface area contributed by atoms with E-state index in [1.165, 1.54) is 5.56 Å². The SMILES string of the molecule is CCC(NCC(C)(O)CCOC)c1cccc(Br)c1. The summed E-state index contributed by atoms with van der Waals surface area (Å²) >= 11 is 3.49. The van der Waals surface area contributed by atoms with Gasteiger partial charge in [0.15, 0.2) is 0 Å². The van der Waals surface area contributed by atoms with E-state index in [2.05, 4.69) is 40.3 Å². The van der Waals surface area contributed by atoms with Gasteiger partial charge in [-0.05, 0) is 31.0 Å². The van der Waals surface area contributed by atoms with E-state index >= 15 is 0 Å². The summed E-state index contributed by atoms with van der Waals surface area (Å²) in [7, 11) is 1.65. The fraction of sp³-hybridized carbons (Fsp3) is 0.600. The van der Waals surface area contributed by atoms with Crippen molar-refractivity contribution in [3.63, 3.8) is 0 Å². The Kier molecular flexibility index (Phi) is 7.00.